The van der Waals surface area contributed by atoms with Crippen LogP contribution >= 0.6 is 59.4 Å². The van der Waals surface area contributed by atoms with Crippen molar-refractivity contribution in [3.8, 4) is 0 Å². The van der Waals surface area contributed by atoms with Gasteiger partial charge in [-0.25, -0.2) is 4.39 Å². The number of halogens is 5. The van der Waals surface area contributed by atoms with Gasteiger partial charge in [0.1, 0.15) is 5.82 Å². The van der Waals surface area contributed by atoms with Crippen molar-refractivity contribution in [1.82, 2.24) is 0 Å². The molecule has 0 saturated carbocycles. The Hall–Kier alpha value is 0.1000. The van der Waals surface area contributed by atoms with E-state index in [-0.39, 0.29) is 10.6 Å². The van der Waals surface area contributed by atoms with Gasteiger partial charge in [-0.05, 0) is 52.2 Å². The van der Waals surface area contributed by atoms with Gasteiger partial charge in [0.05, 0.1) is 9.85 Å². The van der Waals surface area contributed by atoms with Crippen LogP contribution in [0.4, 0.5) is 4.39 Å². The molecular formula is C14H9Br3ClF. The molecule has 0 bridgehead atoms. The second kappa shape index (κ2) is 6.25. The number of hydrogen-bond acceptors (Lipinski definition) is 0. The van der Waals surface area contributed by atoms with E-state index in [4.69, 9.17) is 11.6 Å². The summed E-state index contributed by atoms with van der Waals surface area (Å²) < 4.78 is 15.6. The molecule has 2 aromatic rings. The van der Waals surface area contributed by atoms with Crippen LogP contribution < -0.4 is 0 Å². The summed E-state index contributed by atoms with van der Waals surface area (Å²) in [5.41, 5.74) is 2.60. The maximum atomic E-state index is 14.1. The Morgan fingerprint density at radius 3 is 2.47 bits per heavy atom. The lowest BCUT2D eigenvalue weighted by molar-refractivity contribution is 0.612. The predicted octanol–water partition coefficient (Wildman–Crippen LogP) is 6.80. The van der Waals surface area contributed by atoms with Crippen molar-refractivity contribution in [1.29, 1.82) is 0 Å². The fourth-order valence-corrected chi connectivity index (χ4v) is 3.51. The molecule has 5 heteroatoms. The molecule has 0 heterocycles. The van der Waals surface area contributed by atoms with Crippen molar-refractivity contribution >= 4 is 59.4 Å². The Kier molecular flexibility index (Phi) is 5.09. The van der Waals surface area contributed by atoms with Gasteiger partial charge >= 0.3 is 0 Å². The highest BCUT2D eigenvalue weighted by Gasteiger charge is 2.19. The SMILES string of the molecule is Cc1c(Br)cccc1C(Br)c1cc(Cl)c(Br)cc1F. The van der Waals surface area contributed by atoms with Crippen molar-refractivity contribution < 1.29 is 4.39 Å². The first kappa shape index (κ1) is 15.5. The van der Waals surface area contributed by atoms with E-state index in [0.29, 0.717) is 15.1 Å². The monoisotopic (exact) mass is 468 g/mol. The standard InChI is InChI=1S/C14H9Br3ClF/c1-7-8(3-2-4-10(7)15)14(17)9-5-12(18)11(16)6-13(9)19/h2-6,14H,1H3. The van der Waals surface area contributed by atoms with Crippen LogP contribution in [0.15, 0.2) is 39.3 Å². The second-order valence-corrected chi connectivity index (χ2v) is 7.14. The molecule has 0 fully saturated rings. The second-order valence-electron chi connectivity index (χ2n) is 4.10. The molecule has 1 atom stereocenters. The first-order valence-electron chi connectivity index (χ1n) is 5.45. The van der Waals surface area contributed by atoms with Crippen LogP contribution in [-0.4, -0.2) is 0 Å². The van der Waals surface area contributed by atoms with E-state index in [1.54, 1.807) is 6.07 Å². The molecule has 0 aliphatic heterocycles. The molecule has 0 aromatic heterocycles. The van der Waals surface area contributed by atoms with Gasteiger partial charge in [0, 0.05) is 14.5 Å². The Balaban J connectivity index is 2.53. The number of rotatable bonds is 2. The van der Waals surface area contributed by atoms with Crippen LogP contribution in [0.5, 0.6) is 0 Å². The highest BCUT2D eigenvalue weighted by molar-refractivity contribution is 9.11. The summed E-state index contributed by atoms with van der Waals surface area (Å²) in [4.78, 5) is -0.240. The van der Waals surface area contributed by atoms with Crippen LogP contribution in [0.1, 0.15) is 21.5 Å². The molecule has 1 unspecified atom stereocenters. The number of hydrogen-bond donors (Lipinski definition) is 0. The Bertz CT molecular complexity index is 628. The van der Waals surface area contributed by atoms with Gasteiger partial charge in [-0.1, -0.05) is 55.6 Å². The lowest BCUT2D eigenvalue weighted by atomic mass is 10.00. The minimum Gasteiger partial charge on any atom is -0.207 e. The van der Waals surface area contributed by atoms with Crippen LogP contribution in [0, 0.1) is 12.7 Å². The number of benzene rings is 2. The van der Waals surface area contributed by atoms with Gasteiger partial charge in [-0.3, -0.25) is 0 Å². The van der Waals surface area contributed by atoms with Crippen molar-refractivity contribution in [2.45, 2.75) is 11.8 Å². The predicted molar refractivity (Wildman–Crippen MR) is 88.8 cm³/mol. The van der Waals surface area contributed by atoms with Crippen molar-refractivity contribution in [2.24, 2.45) is 0 Å². The van der Waals surface area contributed by atoms with Gasteiger partial charge in [-0.15, -0.1) is 0 Å². The van der Waals surface area contributed by atoms with E-state index in [9.17, 15) is 4.39 Å². The fraction of sp³-hybridized carbons (Fsp3) is 0.143. The van der Waals surface area contributed by atoms with E-state index in [0.717, 1.165) is 15.6 Å². The minimum absolute atomic E-state index is 0.240. The minimum atomic E-state index is -0.294. The van der Waals surface area contributed by atoms with Crippen molar-refractivity contribution in [3.05, 3.63) is 66.8 Å². The molecular weight excluding hydrogens is 462 g/mol. The van der Waals surface area contributed by atoms with Gasteiger partial charge in [0.2, 0.25) is 0 Å². The van der Waals surface area contributed by atoms with Crippen molar-refractivity contribution in [2.75, 3.05) is 0 Å². The summed E-state index contributed by atoms with van der Waals surface area (Å²) >= 11 is 16.3. The lowest BCUT2D eigenvalue weighted by Gasteiger charge is -2.16. The molecule has 0 saturated heterocycles. The quantitative estimate of drug-likeness (QED) is 0.334. The molecule has 0 aliphatic carbocycles. The smallest absolute Gasteiger partial charge is 0.129 e. The summed E-state index contributed by atoms with van der Waals surface area (Å²) in [6.07, 6.45) is 0. The summed E-state index contributed by atoms with van der Waals surface area (Å²) in [5, 5.41) is 0.494. The van der Waals surface area contributed by atoms with E-state index < -0.39 is 0 Å². The molecule has 0 radical (unpaired) electrons. The molecule has 100 valence electrons. The highest BCUT2D eigenvalue weighted by atomic mass is 79.9. The van der Waals surface area contributed by atoms with Crippen LogP contribution in [0.25, 0.3) is 0 Å². The maximum absolute atomic E-state index is 14.1. The van der Waals surface area contributed by atoms with Crippen LogP contribution in [0.2, 0.25) is 5.02 Å². The summed E-state index contributed by atoms with van der Waals surface area (Å²) in [6, 6.07) is 8.89. The molecule has 0 amide bonds. The highest BCUT2D eigenvalue weighted by Crippen LogP contribution is 2.38. The summed E-state index contributed by atoms with van der Waals surface area (Å²) in [5.74, 6) is -0.294. The first-order chi connectivity index (χ1) is 8.91. The van der Waals surface area contributed by atoms with Gasteiger partial charge in [0.15, 0.2) is 0 Å². The molecule has 2 aromatic carbocycles. The normalized spacial score (nSPS) is 12.5. The Morgan fingerprint density at radius 1 is 1.11 bits per heavy atom. The van der Waals surface area contributed by atoms with Crippen LogP contribution in [-0.2, 0) is 0 Å². The first-order valence-corrected chi connectivity index (χ1v) is 8.33. The third-order valence-electron chi connectivity index (χ3n) is 2.90. The van der Waals surface area contributed by atoms with E-state index >= 15 is 0 Å². The molecule has 2 rings (SSSR count). The third kappa shape index (κ3) is 3.23. The van der Waals surface area contributed by atoms with Gasteiger partial charge in [0.25, 0.3) is 0 Å². The molecule has 0 spiro atoms. The van der Waals surface area contributed by atoms with Gasteiger partial charge in [-0.2, -0.15) is 0 Å². The lowest BCUT2D eigenvalue weighted by Crippen LogP contribution is -2.00. The maximum Gasteiger partial charge on any atom is 0.129 e. The Labute approximate surface area is 141 Å². The van der Waals surface area contributed by atoms with E-state index in [1.165, 1.54) is 6.07 Å². The van der Waals surface area contributed by atoms with Crippen molar-refractivity contribution in [3.63, 3.8) is 0 Å². The summed E-state index contributed by atoms with van der Waals surface area (Å²) in [6.45, 7) is 1.99. The van der Waals surface area contributed by atoms with E-state index in [2.05, 4.69) is 47.8 Å². The third-order valence-corrected chi connectivity index (χ3v) is 5.94. The summed E-state index contributed by atoms with van der Waals surface area (Å²) in [7, 11) is 0. The topological polar surface area (TPSA) is 0 Å². The zero-order valence-electron chi connectivity index (χ0n) is 9.85. The Morgan fingerprint density at radius 2 is 1.79 bits per heavy atom. The van der Waals surface area contributed by atoms with Gasteiger partial charge < -0.3 is 0 Å². The average molecular weight is 471 g/mol. The molecule has 19 heavy (non-hydrogen) atoms. The average Bonchev–Trinajstić information content (AvgIpc) is 2.36. The zero-order valence-corrected chi connectivity index (χ0v) is 15.4. The molecule has 0 N–H and O–H groups in total. The zero-order chi connectivity index (χ0) is 14.2. The largest absolute Gasteiger partial charge is 0.207 e. The van der Waals surface area contributed by atoms with Crippen LogP contribution in [0.3, 0.4) is 0 Å². The number of alkyl halides is 1. The molecule has 0 nitrogen and oxygen atoms in total. The molecule has 0 aliphatic rings. The fourth-order valence-electron chi connectivity index (χ4n) is 1.80. The van der Waals surface area contributed by atoms with E-state index in [1.807, 2.05) is 25.1 Å².